The van der Waals surface area contributed by atoms with E-state index >= 15 is 0 Å². The number of benzene rings is 1. The van der Waals surface area contributed by atoms with Gasteiger partial charge in [0.05, 0.1) is 26.7 Å². The van der Waals surface area contributed by atoms with Gasteiger partial charge in [-0.05, 0) is 30.5 Å². The fourth-order valence-electron chi connectivity index (χ4n) is 2.35. The molecule has 2 rings (SSSR count). The van der Waals surface area contributed by atoms with Crippen LogP contribution in [0.25, 0.3) is 0 Å². The summed E-state index contributed by atoms with van der Waals surface area (Å²) in [5.41, 5.74) is 1.14. The topological polar surface area (TPSA) is 84.9 Å². The molecule has 128 valence electrons. The zero-order valence-electron chi connectivity index (χ0n) is 13.7. The zero-order valence-corrected chi connectivity index (χ0v) is 14.5. The molecule has 1 amide bonds. The van der Waals surface area contributed by atoms with Gasteiger partial charge in [0.15, 0.2) is 0 Å². The molecule has 1 atom stereocenters. The lowest BCUT2D eigenvalue weighted by molar-refractivity contribution is -0.137. The van der Waals surface area contributed by atoms with E-state index in [0.717, 1.165) is 10.4 Å². The first-order chi connectivity index (χ1) is 11.5. The largest absolute Gasteiger partial charge is 0.496 e. The lowest BCUT2D eigenvalue weighted by Crippen LogP contribution is -2.29. The molecule has 1 aromatic carbocycles. The fourth-order valence-corrected chi connectivity index (χ4v) is 3.12. The first-order valence-electron chi connectivity index (χ1n) is 7.25. The first kappa shape index (κ1) is 17.8. The van der Waals surface area contributed by atoms with Crippen molar-refractivity contribution in [1.82, 2.24) is 5.32 Å². The number of hydrogen-bond donors (Lipinski definition) is 2. The first-order valence-corrected chi connectivity index (χ1v) is 8.13. The number of hydrogen-bond acceptors (Lipinski definition) is 5. The summed E-state index contributed by atoms with van der Waals surface area (Å²) in [6.07, 6.45) is -0.188. The number of rotatable bonds is 7. The van der Waals surface area contributed by atoms with E-state index in [4.69, 9.17) is 14.6 Å². The van der Waals surface area contributed by atoms with E-state index in [0.29, 0.717) is 17.1 Å². The number of amides is 1. The minimum Gasteiger partial charge on any atom is -0.496 e. The Morgan fingerprint density at radius 3 is 2.33 bits per heavy atom. The third-order valence-electron chi connectivity index (χ3n) is 3.59. The number of carbonyl (C=O) groups excluding carboxylic acids is 1. The van der Waals surface area contributed by atoms with Crippen molar-refractivity contribution < 1.29 is 24.2 Å². The van der Waals surface area contributed by atoms with Gasteiger partial charge in [0.2, 0.25) is 0 Å². The Balaban J connectivity index is 2.28. The van der Waals surface area contributed by atoms with Crippen molar-refractivity contribution in [1.29, 1.82) is 0 Å². The van der Waals surface area contributed by atoms with Gasteiger partial charge in [-0.2, -0.15) is 0 Å². The maximum Gasteiger partial charge on any atom is 0.305 e. The lowest BCUT2D eigenvalue weighted by atomic mass is 10.1. The average Bonchev–Trinajstić information content (AvgIpc) is 3.08. The van der Waals surface area contributed by atoms with Gasteiger partial charge in [0, 0.05) is 16.0 Å². The molecular weight excluding hydrogens is 330 g/mol. The molecule has 2 aromatic rings. The molecule has 0 bridgehead atoms. The number of carbonyl (C=O) groups is 2. The monoisotopic (exact) mass is 349 g/mol. The van der Waals surface area contributed by atoms with E-state index in [1.807, 2.05) is 18.4 Å². The quantitative estimate of drug-likeness (QED) is 0.803. The highest BCUT2D eigenvalue weighted by molar-refractivity contribution is 7.10. The number of carboxylic acids is 1. The molecule has 0 unspecified atom stereocenters. The SMILES string of the molecule is COc1cc(C(=O)N[C@H](CC(=O)O)c2cccs2)cc(OC)c1C. The summed E-state index contributed by atoms with van der Waals surface area (Å²) < 4.78 is 10.5. The number of thiophene rings is 1. The Hall–Kier alpha value is -2.54. The van der Waals surface area contributed by atoms with Gasteiger partial charge >= 0.3 is 5.97 Å². The van der Waals surface area contributed by atoms with Crippen LogP contribution >= 0.6 is 11.3 Å². The van der Waals surface area contributed by atoms with Gasteiger partial charge in [0.1, 0.15) is 11.5 Å². The minimum atomic E-state index is -0.979. The van der Waals surface area contributed by atoms with Crippen molar-refractivity contribution in [2.45, 2.75) is 19.4 Å². The van der Waals surface area contributed by atoms with E-state index in [-0.39, 0.29) is 12.3 Å². The van der Waals surface area contributed by atoms with E-state index in [2.05, 4.69) is 5.32 Å². The third kappa shape index (κ3) is 4.05. The van der Waals surface area contributed by atoms with Crippen LogP contribution in [0.3, 0.4) is 0 Å². The Morgan fingerprint density at radius 2 is 1.88 bits per heavy atom. The zero-order chi connectivity index (χ0) is 17.7. The molecule has 0 radical (unpaired) electrons. The van der Waals surface area contributed by atoms with Crippen LogP contribution in [0.4, 0.5) is 0 Å². The molecule has 0 aliphatic rings. The summed E-state index contributed by atoms with van der Waals surface area (Å²) in [5, 5.41) is 13.7. The molecule has 1 aromatic heterocycles. The summed E-state index contributed by atoms with van der Waals surface area (Å²) in [6.45, 7) is 1.83. The molecule has 0 aliphatic carbocycles. The van der Waals surface area contributed by atoms with Crippen molar-refractivity contribution >= 4 is 23.2 Å². The summed E-state index contributed by atoms with van der Waals surface area (Å²) in [5.74, 6) is -0.296. The lowest BCUT2D eigenvalue weighted by Gasteiger charge is -2.17. The Bertz CT molecular complexity index is 702. The van der Waals surface area contributed by atoms with Crippen LogP contribution in [0.2, 0.25) is 0 Å². The molecule has 0 saturated carbocycles. The van der Waals surface area contributed by atoms with Gasteiger partial charge in [-0.3, -0.25) is 9.59 Å². The van der Waals surface area contributed by atoms with E-state index in [1.54, 1.807) is 18.2 Å². The van der Waals surface area contributed by atoms with E-state index < -0.39 is 12.0 Å². The number of ether oxygens (including phenoxy) is 2. The van der Waals surface area contributed by atoms with Gasteiger partial charge in [-0.25, -0.2) is 0 Å². The number of carboxylic acid groups (broad SMARTS) is 1. The van der Waals surface area contributed by atoms with Crippen LogP contribution in [0.1, 0.15) is 33.3 Å². The van der Waals surface area contributed by atoms with Gasteiger partial charge in [-0.1, -0.05) is 6.07 Å². The summed E-state index contributed by atoms with van der Waals surface area (Å²) in [7, 11) is 3.03. The number of nitrogens with one attached hydrogen (secondary N) is 1. The molecule has 0 saturated heterocycles. The van der Waals surface area contributed by atoms with Crippen LogP contribution < -0.4 is 14.8 Å². The van der Waals surface area contributed by atoms with Crippen molar-refractivity contribution in [2.75, 3.05) is 14.2 Å². The molecule has 0 spiro atoms. The molecule has 6 nitrogen and oxygen atoms in total. The number of methoxy groups -OCH3 is 2. The molecule has 7 heteroatoms. The standard InChI is InChI=1S/C17H19NO5S/c1-10-13(22-2)7-11(8-14(10)23-3)17(21)18-12(9-16(19)20)15-5-4-6-24-15/h4-8,12H,9H2,1-3H3,(H,18,21)(H,19,20)/t12-/m1/s1. The maximum atomic E-state index is 12.6. The average molecular weight is 349 g/mol. The third-order valence-corrected chi connectivity index (χ3v) is 4.57. The Morgan fingerprint density at radius 1 is 1.25 bits per heavy atom. The highest BCUT2D eigenvalue weighted by Gasteiger charge is 2.21. The van der Waals surface area contributed by atoms with Gasteiger partial charge in [0.25, 0.3) is 5.91 Å². The normalized spacial score (nSPS) is 11.6. The Labute approximate surface area is 144 Å². The fraction of sp³-hybridized carbons (Fsp3) is 0.294. The number of aliphatic carboxylic acids is 1. The Kier molecular flexibility index (Phi) is 5.81. The minimum absolute atomic E-state index is 0.188. The molecule has 1 heterocycles. The summed E-state index contributed by atoms with van der Waals surface area (Å²) in [6, 6.07) is 6.25. The summed E-state index contributed by atoms with van der Waals surface area (Å²) >= 11 is 1.40. The molecule has 24 heavy (non-hydrogen) atoms. The van der Waals surface area contributed by atoms with Gasteiger partial charge in [-0.15, -0.1) is 11.3 Å². The van der Waals surface area contributed by atoms with Crippen molar-refractivity contribution in [3.63, 3.8) is 0 Å². The smallest absolute Gasteiger partial charge is 0.305 e. The summed E-state index contributed by atoms with van der Waals surface area (Å²) in [4.78, 5) is 24.4. The molecule has 0 aliphatic heterocycles. The highest BCUT2D eigenvalue weighted by atomic mass is 32.1. The van der Waals surface area contributed by atoms with Crippen LogP contribution in [0.15, 0.2) is 29.6 Å². The van der Waals surface area contributed by atoms with Crippen LogP contribution in [-0.4, -0.2) is 31.2 Å². The predicted octanol–water partition coefficient (Wildman–Crippen LogP) is 3.02. The van der Waals surface area contributed by atoms with Gasteiger partial charge < -0.3 is 19.9 Å². The molecular formula is C17H19NO5S. The van der Waals surface area contributed by atoms with Crippen LogP contribution in [0, 0.1) is 6.92 Å². The second kappa shape index (κ2) is 7.83. The molecule has 2 N–H and O–H groups in total. The maximum absolute atomic E-state index is 12.6. The van der Waals surface area contributed by atoms with Crippen LogP contribution in [-0.2, 0) is 4.79 Å². The van der Waals surface area contributed by atoms with Crippen molar-refractivity contribution in [2.24, 2.45) is 0 Å². The highest BCUT2D eigenvalue weighted by Crippen LogP contribution is 2.30. The molecule has 0 fully saturated rings. The second-order valence-electron chi connectivity index (χ2n) is 5.15. The predicted molar refractivity (Wildman–Crippen MR) is 91.1 cm³/mol. The van der Waals surface area contributed by atoms with E-state index in [1.165, 1.54) is 25.6 Å². The van der Waals surface area contributed by atoms with Crippen molar-refractivity contribution in [3.05, 3.63) is 45.6 Å². The van der Waals surface area contributed by atoms with Crippen molar-refractivity contribution in [3.8, 4) is 11.5 Å². The van der Waals surface area contributed by atoms with Crippen LogP contribution in [0.5, 0.6) is 11.5 Å². The van der Waals surface area contributed by atoms with E-state index in [9.17, 15) is 9.59 Å². The second-order valence-corrected chi connectivity index (χ2v) is 6.12.